The number of hydrogen-bond acceptors (Lipinski definition) is 3. The van der Waals surface area contributed by atoms with Crippen LogP contribution in [0.5, 0.6) is 0 Å². The molecule has 1 amide bonds. The largest absolute Gasteiger partial charge is 0.481 e. The number of carbonyl (C=O) groups is 2. The van der Waals surface area contributed by atoms with Crippen molar-refractivity contribution in [2.45, 2.75) is 31.1 Å². The number of rotatable bonds is 4. The van der Waals surface area contributed by atoms with Gasteiger partial charge in [0.2, 0.25) is 5.91 Å². The Balaban J connectivity index is 1.84. The van der Waals surface area contributed by atoms with Crippen LogP contribution in [0.2, 0.25) is 0 Å². The van der Waals surface area contributed by atoms with E-state index >= 15 is 0 Å². The zero-order valence-corrected chi connectivity index (χ0v) is 15.3. The second kappa shape index (κ2) is 5.54. The molecule has 1 aromatic rings. The van der Waals surface area contributed by atoms with Crippen LogP contribution in [0.15, 0.2) is 53.0 Å². The van der Waals surface area contributed by atoms with E-state index in [1.165, 1.54) is 0 Å². The van der Waals surface area contributed by atoms with Gasteiger partial charge in [0, 0.05) is 10.2 Å². The zero-order chi connectivity index (χ0) is 17.9. The number of halogens is 1. The van der Waals surface area contributed by atoms with Crippen LogP contribution in [-0.2, 0) is 14.3 Å². The van der Waals surface area contributed by atoms with E-state index < -0.39 is 29.5 Å². The minimum atomic E-state index is -0.985. The third kappa shape index (κ3) is 2.24. The number of fused-ring (bicyclic) bond motifs is 1. The first kappa shape index (κ1) is 16.5. The summed E-state index contributed by atoms with van der Waals surface area (Å²) in [5.41, 5.74) is 0.776. The molecule has 2 bridgehead atoms. The maximum absolute atomic E-state index is 13.3. The molecule has 3 aliphatic heterocycles. The Morgan fingerprint density at radius 1 is 1.40 bits per heavy atom. The average Bonchev–Trinajstić information content (AvgIpc) is 3.18. The molecule has 3 heterocycles. The molecule has 130 valence electrons. The van der Waals surface area contributed by atoms with E-state index in [1.807, 2.05) is 37.3 Å². The summed E-state index contributed by atoms with van der Waals surface area (Å²) in [4.78, 5) is 26.8. The van der Waals surface area contributed by atoms with Gasteiger partial charge in [0.05, 0.1) is 18.1 Å². The third-order valence-electron chi connectivity index (χ3n) is 5.35. The van der Waals surface area contributed by atoms with Crippen molar-refractivity contribution in [3.8, 4) is 0 Å². The number of amides is 1. The van der Waals surface area contributed by atoms with Crippen molar-refractivity contribution < 1.29 is 19.4 Å². The Bertz CT molecular complexity index is 802. The predicted octanol–water partition coefficient (Wildman–Crippen LogP) is 3.15. The first-order chi connectivity index (χ1) is 11.8. The highest BCUT2D eigenvalue weighted by Gasteiger charge is 2.71. The van der Waals surface area contributed by atoms with Crippen LogP contribution in [-0.4, -0.2) is 34.7 Å². The molecule has 6 heteroatoms. The van der Waals surface area contributed by atoms with Crippen LogP contribution in [0.3, 0.4) is 0 Å². The van der Waals surface area contributed by atoms with E-state index in [4.69, 9.17) is 4.74 Å². The standard InChI is InChI=1S/C19H18BrNO4/c1-10(2)9-14-19-8-7-13(25-19)15(18(23)24)16(19)17(22)21(14)12-5-3-11(20)4-6-12/h3-8,13-16H,1,9H2,2H3,(H,23,24)/t13-,14+,15-,16-,19-/m1/s1. The molecule has 5 atom stereocenters. The number of ether oxygens (including phenoxy) is 1. The summed E-state index contributed by atoms with van der Waals surface area (Å²) in [6.07, 6.45) is 3.71. The smallest absolute Gasteiger partial charge is 0.310 e. The highest BCUT2D eigenvalue weighted by Crippen LogP contribution is 2.56. The summed E-state index contributed by atoms with van der Waals surface area (Å²) < 4.78 is 7.03. The van der Waals surface area contributed by atoms with Gasteiger partial charge < -0.3 is 14.7 Å². The summed E-state index contributed by atoms with van der Waals surface area (Å²) in [7, 11) is 0. The number of anilines is 1. The summed E-state index contributed by atoms with van der Waals surface area (Å²) in [5.74, 6) is -2.72. The summed E-state index contributed by atoms with van der Waals surface area (Å²) in [5, 5.41) is 9.65. The van der Waals surface area contributed by atoms with Gasteiger partial charge in [0.25, 0.3) is 0 Å². The molecule has 3 aliphatic rings. The van der Waals surface area contributed by atoms with Crippen molar-refractivity contribution in [1.29, 1.82) is 0 Å². The molecule has 0 unspecified atom stereocenters. The first-order valence-electron chi connectivity index (χ1n) is 8.18. The molecule has 2 saturated heterocycles. The van der Waals surface area contributed by atoms with Crippen molar-refractivity contribution >= 4 is 33.5 Å². The molecule has 2 fully saturated rings. The van der Waals surface area contributed by atoms with Gasteiger partial charge in [-0.15, -0.1) is 6.58 Å². The Labute approximate surface area is 154 Å². The Kier molecular flexibility index (Phi) is 3.67. The van der Waals surface area contributed by atoms with Crippen molar-refractivity contribution in [3.05, 3.63) is 53.0 Å². The first-order valence-corrected chi connectivity index (χ1v) is 8.97. The number of benzene rings is 1. The number of aliphatic carboxylic acids is 1. The predicted molar refractivity (Wildman–Crippen MR) is 96.2 cm³/mol. The maximum atomic E-state index is 13.3. The van der Waals surface area contributed by atoms with Crippen LogP contribution in [0.25, 0.3) is 0 Å². The van der Waals surface area contributed by atoms with Gasteiger partial charge in [-0.25, -0.2) is 0 Å². The minimum Gasteiger partial charge on any atom is -0.481 e. The second-order valence-electron chi connectivity index (χ2n) is 7.00. The minimum absolute atomic E-state index is 0.187. The number of carboxylic acids is 1. The third-order valence-corrected chi connectivity index (χ3v) is 5.88. The zero-order valence-electron chi connectivity index (χ0n) is 13.7. The SMILES string of the molecule is C=C(C)C[C@@H]1N(c2ccc(Br)cc2)C(=O)[C@H]2[C@H](C(=O)O)[C@H]3C=C[C@@]12O3. The molecular formula is C19H18BrNO4. The molecule has 0 aromatic heterocycles. The molecule has 0 radical (unpaired) electrons. The normalized spacial score (nSPS) is 35.3. The van der Waals surface area contributed by atoms with Gasteiger partial charge in [0.15, 0.2) is 0 Å². The van der Waals surface area contributed by atoms with Crippen LogP contribution < -0.4 is 4.90 Å². The number of carbonyl (C=O) groups excluding carboxylic acids is 1. The van der Waals surface area contributed by atoms with Gasteiger partial charge in [-0.05, 0) is 37.6 Å². The van der Waals surface area contributed by atoms with Gasteiger partial charge >= 0.3 is 5.97 Å². The number of hydrogen-bond donors (Lipinski definition) is 1. The average molecular weight is 404 g/mol. The van der Waals surface area contributed by atoms with Gasteiger partial charge in [-0.3, -0.25) is 9.59 Å². The Hall–Kier alpha value is -1.92. The Morgan fingerprint density at radius 2 is 2.08 bits per heavy atom. The van der Waals surface area contributed by atoms with E-state index in [0.29, 0.717) is 6.42 Å². The summed E-state index contributed by atoms with van der Waals surface area (Å²) in [6.45, 7) is 5.90. The van der Waals surface area contributed by atoms with E-state index in [2.05, 4.69) is 22.5 Å². The summed E-state index contributed by atoms with van der Waals surface area (Å²) >= 11 is 3.40. The molecule has 0 saturated carbocycles. The van der Waals surface area contributed by atoms with Crippen LogP contribution in [0, 0.1) is 11.8 Å². The van der Waals surface area contributed by atoms with Gasteiger partial charge in [-0.1, -0.05) is 33.7 Å². The molecule has 1 aromatic carbocycles. The van der Waals surface area contributed by atoms with Crippen LogP contribution >= 0.6 is 15.9 Å². The Morgan fingerprint density at radius 3 is 2.68 bits per heavy atom. The fraction of sp³-hybridized carbons (Fsp3) is 0.368. The van der Waals surface area contributed by atoms with Crippen molar-refractivity contribution in [2.24, 2.45) is 11.8 Å². The number of carboxylic acid groups (broad SMARTS) is 1. The fourth-order valence-electron chi connectivity index (χ4n) is 4.42. The topological polar surface area (TPSA) is 66.8 Å². The van der Waals surface area contributed by atoms with Crippen molar-refractivity contribution in [1.82, 2.24) is 0 Å². The molecule has 5 nitrogen and oxygen atoms in total. The molecule has 1 spiro atoms. The molecular weight excluding hydrogens is 386 g/mol. The quantitative estimate of drug-likeness (QED) is 0.784. The molecule has 4 rings (SSSR count). The lowest BCUT2D eigenvalue weighted by molar-refractivity contribution is -0.146. The van der Waals surface area contributed by atoms with Crippen LogP contribution in [0.1, 0.15) is 13.3 Å². The lowest BCUT2D eigenvalue weighted by Gasteiger charge is -2.33. The van der Waals surface area contributed by atoms with Gasteiger partial charge in [0.1, 0.15) is 11.5 Å². The molecule has 0 aliphatic carbocycles. The highest BCUT2D eigenvalue weighted by molar-refractivity contribution is 9.10. The van der Waals surface area contributed by atoms with Crippen LogP contribution in [0.4, 0.5) is 5.69 Å². The molecule has 1 N–H and O–H groups in total. The van der Waals surface area contributed by atoms with E-state index in [-0.39, 0.29) is 11.9 Å². The summed E-state index contributed by atoms with van der Waals surface area (Å²) in [6, 6.07) is 7.16. The lowest BCUT2D eigenvalue weighted by Crippen LogP contribution is -2.45. The molecule has 25 heavy (non-hydrogen) atoms. The van der Waals surface area contributed by atoms with Crippen molar-refractivity contribution in [2.75, 3.05) is 4.90 Å². The number of nitrogens with zero attached hydrogens (tertiary/aromatic N) is 1. The van der Waals surface area contributed by atoms with Crippen molar-refractivity contribution in [3.63, 3.8) is 0 Å². The lowest BCUT2D eigenvalue weighted by atomic mass is 9.74. The second-order valence-corrected chi connectivity index (χ2v) is 7.91. The van der Waals surface area contributed by atoms with E-state index in [0.717, 1.165) is 15.7 Å². The highest BCUT2D eigenvalue weighted by atomic mass is 79.9. The van der Waals surface area contributed by atoms with E-state index in [9.17, 15) is 14.7 Å². The fourth-order valence-corrected chi connectivity index (χ4v) is 4.69. The maximum Gasteiger partial charge on any atom is 0.310 e. The van der Waals surface area contributed by atoms with Gasteiger partial charge in [-0.2, -0.15) is 0 Å². The monoisotopic (exact) mass is 403 g/mol. The van der Waals surface area contributed by atoms with E-state index in [1.54, 1.807) is 11.0 Å².